The Hall–Kier alpha value is -0.740. The van der Waals surface area contributed by atoms with Crippen LogP contribution in [0.5, 0.6) is 0 Å². The average Bonchev–Trinajstić information content (AvgIpc) is 2.27. The summed E-state index contributed by atoms with van der Waals surface area (Å²) in [6.45, 7) is 1.68. The molecule has 0 aromatic heterocycles. The van der Waals surface area contributed by atoms with E-state index in [1.807, 2.05) is 0 Å². The molecule has 1 aromatic carbocycles. The van der Waals surface area contributed by atoms with Gasteiger partial charge in [-0.05, 0) is 12.0 Å². The summed E-state index contributed by atoms with van der Waals surface area (Å²) in [5.41, 5.74) is -2.27. The minimum Gasteiger partial charge on any atom is -0.309 e. The van der Waals surface area contributed by atoms with E-state index in [1.54, 1.807) is 37.3 Å². The highest BCUT2D eigenvalue weighted by Gasteiger charge is 2.42. The van der Waals surface area contributed by atoms with Gasteiger partial charge >= 0.3 is 6.11 Å². The smallest absolute Gasteiger partial charge is 0.309 e. The average molecular weight is 253 g/mol. The maximum absolute atomic E-state index is 12.9. The van der Waals surface area contributed by atoms with Crippen molar-refractivity contribution in [1.29, 1.82) is 0 Å². The first kappa shape index (κ1) is 13.3. The Bertz CT molecular complexity index is 316. The monoisotopic (exact) mass is 252 g/mol. The predicted molar refractivity (Wildman–Crippen MR) is 56.3 cm³/mol. The van der Waals surface area contributed by atoms with E-state index in [0.29, 0.717) is 12.0 Å². The maximum Gasteiger partial charge on any atom is 0.401 e. The highest BCUT2D eigenvalue weighted by Crippen LogP contribution is 2.33. The Labute approximate surface area is 97.2 Å². The molecule has 1 nitrogen and oxygen atoms in total. The van der Waals surface area contributed by atoms with E-state index < -0.39 is 17.8 Å². The molecule has 1 aromatic rings. The summed E-state index contributed by atoms with van der Waals surface area (Å²) in [7, 11) is 0. The van der Waals surface area contributed by atoms with E-state index in [2.05, 4.69) is 4.74 Å². The molecule has 2 atom stereocenters. The summed E-state index contributed by atoms with van der Waals surface area (Å²) in [6.07, 6.45) is -4.53. The number of ether oxygens (including phenoxy) is 1. The summed E-state index contributed by atoms with van der Waals surface area (Å²) in [5.74, 6) is 0. The minimum atomic E-state index is -3.97. The quantitative estimate of drug-likeness (QED) is 0.711. The zero-order valence-electron chi connectivity index (χ0n) is 8.67. The lowest BCUT2D eigenvalue weighted by atomic mass is 10.1. The van der Waals surface area contributed by atoms with E-state index in [4.69, 9.17) is 11.6 Å². The lowest BCUT2D eigenvalue weighted by Crippen LogP contribution is -2.31. The minimum absolute atomic E-state index is 0.309. The first-order valence-corrected chi connectivity index (χ1v) is 5.29. The molecule has 2 unspecified atom stereocenters. The van der Waals surface area contributed by atoms with Crippen molar-refractivity contribution in [3.63, 3.8) is 0 Å². The lowest BCUT2D eigenvalue weighted by molar-refractivity contribution is -0.281. The van der Waals surface area contributed by atoms with Crippen LogP contribution in [-0.4, -0.2) is 11.7 Å². The topological polar surface area (TPSA) is 9.23 Å². The largest absolute Gasteiger partial charge is 0.401 e. The van der Waals surface area contributed by atoms with Gasteiger partial charge in [0, 0.05) is 0 Å². The predicted octanol–water partition coefficient (Wildman–Crippen LogP) is 4.28. The van der Waals surface area contributed by atoms with Gasteiger partial charge in [-0.25, -0.2) is 4.39 Å². The number of rotatable bonds is 5. The van der Waals surface area contributed by atoms with E-state index in [0.717, 1.165) is 0 Å². The molecule has 1 rings (SSSR count). The van der Waals surface area contributed by atoms with E-state index in [1.165, 1.54) is 0 Å². The SMILES string of the molecule is CCC(OC(F)(F)C(F)Cl)c1ccccc1. The van der Waals surface area contributed by atoms with Crippen molar-refractivity contribution in [2.45, 2.75) is 31.2 Å². The summed E-state index contributed by atoms with van der Waals surface area (Å²) in [6, 6.07) is 8.45. The molecule has 5 heteroatoms. The molecule has 0 fully saturated rings. The van der Waals surface area contributed by atoms with Crippen LogP contribution in [0.15, 0.2) is 30.3 Å². The lowest BCUT2D eigenvalue weighted by Gasteiger charge is -2.23. The molecular formula is C11H12ClF3O. The zero-order chi connectivity index (χ0) is 12.2. The first-order chi connectivity index (χ1) is 7.47. The third-order valence-electron chi connectivity index (χ3n) is 2.10. The van der Waals surface area contributed by atoms with Crippen LogP contribution in [0.3, 0.4) is 0 Å². The van der Waals surface area contributed by atoms with Gasteiger partial charge in [-0.1, -0.05) is 48.9 Å². The number of halogens is 4. The molecule has 0 saturated carbocycles. The molecule has 16 heavy (non-hydrogen) atoms. The number of hydrogen-bond donors (Lipinski definition) is 0. The van der Waals surface area contributed by atoms with E-state index in [9.17, 15) is 13.2 Å². The zero-order valence-corrected chi connectivity index (χ0v) is 9.42. The van der Waals surface area contributed by atoms with Crippen LogP contribution < -0.4 is 0 Å². The highest BCUT2D eigenvalue weighted by molar-refractivity contribution is 6.20. The van der Waals surface area contributed by atoms with Crippen molar-refractivity contribution >= 4 is 11.6 Å². The molecule has 0 aliphatic heterocycles. The van der Waals surface area contributed by atoms with Gasteiger partial charge < -0.3 is 4.74 Å². The van der Waals surface area contributed by atoms with Gasteiger partial charge in [-0.15, -0.1) is 0 Å². The molecule has 0 radical (unpaired) electrons. The molecular weight excluding hydrogens is 241 g/mol. The van der Waals surface area contributed by atoms with Crippen molar-refractivity contribution in [3.8, 4) is 0 Å². The van der Waals surface area contributed by atoms with Gasteiger partial charge in [-0.2, -0.15) is 8.78 Å². The Morgan fingerprint density at radius 1 is 1.31 bits per heavy atom. The van der Waals surface area contributed by atoms with Crippen molar-refractivity contribution in [2.75, 3.05) is 0 Å². The van der Waals surface area contributed by atoms with Crippen LogP contribution >= 0.6 is 11.6 Å². The van der Waals surface area contributed by atoms with E-state index >= 15 is 0 Å². The molecule has 0 spiro atoms. The Morgan fingerprint density at radius 3 is 2.31 bits per heavy atom. The summed E-state index contributed by atoms with van der Waals surface area (Å²) < 4.78 is 42.7. The van der Waals surface area contributed by atoms with Crippen molar-refractivity contribution in [2.24, 2.45) is 0 Å². The Balaban J connectivity index is 2.78. The molecule has 0 saturated heterocycles. The molecule has 0 bridgehead atoms. The van der Waals surface area contributed by atoms with Gasteiger partial charge in [0.15, 0.2) is 0 Å². The van der Waals surface area contributed by atoms with Crippen LogP contribution in [0.2, 0.25) is 0 Å². The van der Waals surface area contributed by atoms with Crippen LogP contribution in [0.4, 0.5) is 13.2 Å². The number of benzene rings is 1. The fourth-order valence-corrected chi connectivity index (χ4v) is 1.35. The maximum atomic E-state index is 12.9. The standard InChI is InChI=1S/C11H12ClF3O/c1-2-9(8-6-4-3-5-7-8)16-11(14,15)10(12)13/h3-7,9-10H,2H2,1H3. The molecule has 90 valence electrons. The van der Waals surface area contributed by atoms with Crippen molar-refractivity contribution in [3.05, 3.63) is 35.9 Å². The molecule has 0 aliphatic carbocycles. The van der Waals surface area contributed by atoms with Crippen LogP contribution in [0.25, 0.3) is 0 Å². The fourth-order valence-electron chi connectivity index (χ4n) is 1.30. The Morgan fingerprint density at radius 2 is 1.88 bits per heavy atom. The van der Waals surface area contributed by atoms with Gasteiger partial charge in [0.05, 0.1) is 6.10 Å². The summed E-state index contributed by atoms with van der Waals surface area (Å²) in [4.78, 5) is 0. The third-order valence-corrected chi connectivity index (χ3v) is 2.35. The Kier molecular flexibility index (Phi) is 4.62. The van der Waals surface area contributed by atoms with Crippen LogP contribution in [0.1, 0.15) is 25.0 Å². The van der Waals surface area contributed by atoms with Crippen molar-refractivity contribution < 1.29 is 17.9 Å². The molecule has 0 aliphatic rings. The van der Waals surface area contributed by atoms with Crippen molar-refractivity contribution in [1.82, 2.24) is 0 Å². The van der Waals surface area contributed by atoms with E-state index in [-0.39, 0.29) is 0 Å². The third kappa shape index (κ3) is 3.39. The second kappa shape index (κ2) is 5.55. The fraction of sp³-hybridized carbons (Fsp3) is 0.455. The van der Waals surface area contributed by atoms with Gasteiger partial charge in [0.2, 0.25) is 0 Å². The normalized spacial score (nSPS) is 15.8. The first-order valence-electron chi connectivity index (χ1n) is 4.86. The summed E-state index contributed by atoms with van der Waals surface area (Å²) >= 11 is 4.72. The highest BCUT2D eigenvalue weighted by atomic mass is 35.5. The van der Waals surface area contributed by atoms with Gasteiger partial charge in [0.1, 0.15) is 0 Å². The molecule has 0 amide bonds. The number of alkyl halides is 4. The molecule has 0 heterocycles. The number of hydrogen-bond acceptors (Lipinski definition) is 1. The molecule has 0 N–H and O–H groups in total. The van der Waals surface area contributed by atoms with Gasteiger partial charge in [-0.3, -0.25) is 0 Å². The second-order valence-corrected chi connectivity index (χ2v) is 3.67. The summed E-state index contributed by atoms with van der Waals surface area (Å²) in [5, 5.41) is 0. The second-order valence-electron chi connectivity index (χ2n) is 3.29. The van der Waals surface area contributed by atoms with Crippen LogP contribution in [-0.2, 0) is 4.74 Å². The van der Waals surface area contributed by atoms with Gasteiger partial charge in [0.25, 0.3) is 5.63 Å². The van der Waals surface area contributed by atoms with Crippen LogP contribution in [0, 0.1) is 0 Å².